The quantitative estimate of drug-likeness (QED) is 0.723. The van der Waals surface area contributed by atoms with Gasteiger partial charge in [-0.1, -0.05) is 0 Å². The number of nitrogens with one attached hydrogen (secondary N) is 1. The first-order chi connectivity index (χ1) is 7.08. The maximum absolute atomic E-state index is 11.6. The molecule has 2 heterocycles. The molecule has 0 aliphatic carbocycles. The number of imidazole rings is 1. The molecule has 0 spiro atoms. The smallest absolute Gasteiger partial charge is 0.311 e. The number of hydrogen-bond donors (Lipinski definition) is 2. The largest absolute Gasteiger partial charge is 0.481 e. The lowest BCUT2D eigenvalue weighted by Gasteiger charge is -1.98. The van der Waals surface area contributed by atoms with Gasteiger partial charge in [-0.25, -0.2) is 9.38 Å². The molecule has 2 N–H and O–H groups in total. The summed E-state index contributed by atoms with van der Waals surface area (Å²) in [7, 11) is 0. The zero-order chi connectivity index (χ0) is 11.0. The van der Waals surface area contributed by atoms with Gasteiger partial charge in [0.25, 0.3) is 5.56 Å². The molecule has 6 nitrogen and oxygen atoms in total. The second-order valence-corrected chi connectivity index (χ2v) is 3.26. The van der Waals surface area contributed by atoms with Gasteiger partial charge in [-0.2, -0.15) is 0 Å². The first-order valence-corrected chi connectivity index (χ1v) is 4.36. The minimum atomic E-state index is -1.01. The molecule has 78 valence electrons. The van der Waals surface area contributed by atoms with Crippen LogP contribution >= 0.6 is 0 Å². The molecule has 0 bridgehead atoms. The van der Waals surface area contributed by atoms with Crippen LogP contribution < -0.4 is 5.56 Å². The van der Waals surface area contributed by atoms with Crippen molar-refractivity contribution < 1.29 is 9.90 Å². The van der Waals surface area contributed by atoms with E-state index in [1.165, 1.54) is 16.7 Å². The zero-order valence-corrected chi connectivity index (χ0v) is 8.02. The fraction of sp³-hybridized carbons (Fsp3) is 0.222. The molecular formula is C9H9N3O3. The lowest BCUT2D eigenvalue weighted by molar-refractivity contribution is -0.136. The number of nitrogens with zero attached hydrogens (tertiary/aromatic N) is 2. The lowest BCUT2D eigenvalue weighted by Crippen LogP contribution is -2.17. The number of H-pyrrole nitrogens is 1. The third-order valence-corrected chi connectivity index (χ3v) is 2.03. The number of hydrogen-bond acceptors (Lipinski definition) is 3. The van der Waals surface area contributed by atoms with Crippen LogP contribution in [0.4, 0.5) is 0 Å². The molecule has 0 saturated heterocycles. The van der Waals surface area contributed by atoms with Crippen molar-refractivity contribution in [2.75, 3.05) is 0 Å². The van der Waals surface area contributed by atoms with Crippen molar-refractivity contribution >= 4 is 11.6 Å². The van der Waals surface area contributed by atoms with E-state index in [-0.39, 0.29) is 17.8 Å². The molecule has 0 aromatic carbocycles. The number of carbonyl (C=O) groups is 1. The molecule has 2 rings (SSSR count). The van der Waals surface area contributed by atoms with Gasteiger partial charge in [0.05, 0.1) is 6.20 Å². The van der Waals surface area contributed by atoms with Crippen molar-refractivity contribution in [1.29, 1.82) is 0 Å². The molecule has 0 radical (unpaired) electrons. The minimum absolute atomic E-state index is 0.235. The predicted molar refractivity (Wildman–Crippen MR) is 51.9 cm³/mol. The summed E-state index contributed by atoms with van der Waals surface area (Å²) < 4.78 is 1.26. The first-order valence-electron chi connectivity index (χ1n) is 4.36. The molecule has 0 saturated carbocycles. The van der Waals surface area contributed by atoms with E-state index in [4.69, 9.17) is 5.11 Å². The van der Waals surface area contributed by atoms with Crippen LogP contribution in [-0.4, -0.2) is 25.4 Å². The first kappa shape index (κ1) is 9.45. The second kappa shape index (κ2) is 3.23. The Morgan fingerprint density at radius 2 is 2.40 bits per heavy atom. The Morgan fingerprint density at radius 3 is 3.07 bits per heavy atom. The van der Waals surface area contributed by atoms with Crippen molar-refractivity contribution in [3.8, 4) is 0 Å². The number of carboxylic acids is 1. The maximum Gasteiger partial charge on any atom is 0.311 e. The predicted octanol–water partition coefficient (Wildman–Crippen LogP) is -0.0419. The number of aromatic nitrogens is 3. The highest BCUT2D eigenvalue weighted by Crippen LogP contribution is 2.02. The number of fused-ring (bicyclic) bond motifs is 1. The van der Waals surface area contributed by atoms with Crippen molar-refractivity contribution in [2.45, 2.75) is 13.3 Å². The van der Waals surface area contributed by atoms with Crippen molar-refractivity contribution in [3.05, 3.63) is 34.1 Å². The molecule has 2 aromatic heterocycles. The van der Waals surface area contributed by atoms with Gasteiger partial charge in [0.15, 0.2) is 0 Å². The average Bonchev–Trinajstić information content (AvgIpc) is 2.46. The molecule has 0 aliphatic rings. The maximum atomic E-state index is 11.6. The van der Waals surface area contributed by atoms with Gasteiger partial charge in [-0.3, -0.25) is 9.59 Å². The van der Waals surface area contributed by atoms with Crippen LogP contribution in [0, 0.1) is 6.92 Å². The van der Waals surface area contributed by atoms with Crippen molar-refractivity contribution in [1.82, 2.24) is 14.4 Å². The lowest BCUT2D eigenvalue weighted by atomic mass is 10.4. The Labute approximate surface area is 84.2 Å². The SMILES string of the molecule is Cc1cc(=O)n2c(CC(=O)O)ncc2[nH]1. The van der Waals surface area contributed by atoms with Gasteiger partial charge < -0.3 is 10.1 Å². The van der Waals surface area contributed by atoms with E-state index in [1.807, 2.05) is 0 Å². The van der Waals surface area contributed by atoms with Crippen molar-refractivity contribution in [2.24, 2.45) is 0 Å². The van der Waals surface area contributed by atoms with E-state index < -0.39 is 5.97 Å². The van der Waals surface area contributed by atoms with E-state index in [1.54, 1.807) is 6.92 Å². The highest BCUT2D eigenvalue weighted by molar-refractivity contribution is 5.69. The number of aromatic amines is 1. The third kappa shape index (κ3) is 1.61. The highest BCUT2D eigenvalue weighted by Gasteiger charge is 2.10. The van der Waals surface area contributed by atoms with Gasteiger partial charge in [0.2, 0.25) is 0 Å². The van der Waals surface area contributed by atoms with E-state index in [2.05, 4.69) is 9.97 Å². The summed E-state index contributed by atoms with van der Waals surface area (Å²) in [6.07, 6.45) is 1.19. The van der Waals surface area contributed by atoms with Crippen LogP contribution in [0.2, 0.25) is 0 Å². The Kier molecular flexibility index (Phi) is 2.03. The molecule has 0 fully saturated rings. The normalized spacial score (nSPS) is 10.7. The summed E-state index contributed by atoms with van der Waals surface area (Å²) >= 11 is 0. The molecule has 15 heavy (non-hydrogen) atoms. The van der Waals surface area contributed by atoms with Crippen molar-refractivity contribution in [3.63, 3.8) is 0 Å². The number of aryl methyl sites for hydroxylation is 1. The van der Waals surface area contributed by atoms with E-state index in [0.717, 1.165) is 0 Å². The van der Waals surface area contributed by atoms with Gasteiger partial charge >= 0.3 is 5.97 Å². The molecule has 0 amide bonds. The molecule has 0 aliphatic heterocycles. The Hall–Kier alpha value is -2.11. The molecule has 2 aromatic rings. The second-order valence-electron chi connectivity index (χ2n) is 3.26. The third-order valence-electron chi connectivity index (χ3n) is 2.03. The summed E-state index contributed by atoms with van der Waals surface area (Å²) in [5, 5.41) is 8.62. The topological polar surface area (TPSA) is 87.5 Å². The fourth-order valence-electron chi connectivity index (χ4n) is 1.47. The van der Waals surface area contributed by atoms with Crippen LogP contribution in [0.5, 0.6) is 0 Å². The number of aliphatic carboxylic acids is 1. The highest BCUT2D eigenvalue weighted by atomic mass is 16.4. The Balaban J connectivity index is 2.69. The summed E-state index contributed by atoms with van der Waals surface area (Å²) in [6.45, 7) is 1.76. The number of carboxylic acid groups (broad SMARTS) is 1. The standard InChI is InChI=1S/C9H9N3O3/c1-5-2-8(13)12-6(3-9(14)15)10-4-7(12)11-5/h2,4,11H,3H2,1H3,(H,14,15). The van der Waals surface area contributed by atoms with Gasteiger partial charge in [-0.05, 0) is 6.92 Å². The summed E-state index contributed by atoms with van der Waals surface area (Å²) in [4.78, 5) is 28.9. The molecule has 0 unspecified atom stereocenters. The summed E-state index contributed by atoms with van der Waals surface area (Å²) in [5.41, 5.74) is 0.959. The van der Waals surface area contributed by atoms with Crippen LogP contribution in [0.3, 0.4) is 0 Å². The Bertz CT molecular complexity index is 582. The fourth-order valence-corrected chi connectivity index (χ4v) is 1.47. The van der Waals surface area contributed by atoms with Gasteiger partial charge in [-0.15, -0.1) is 0 Å². The Morgan fingerprint density at radius 1 is 1.67 bits per heavy atom. The zero-order valence-electron chi connectivity index (χ0n) is 8.02. The summed E-state index contributed by atoms with van der Waals surface area (Å²) in [6, 6.07) is 1.40. The van der Waals surface area contributed by atoms with E-state index in [0.29, 0.717) is 11.3 Å². The van der Waals surface area contributed by atoms with Gasteiger partial charge in [0, 0.05) is 11.8 Å². The average molecular weight is 207 g/mol. The van der Waals surface area contributed by atoms with E-state index >= 15 is 0 Å². The van der Waals surface area contributed by atoms with Crippen LogP contribution in [0.25, 0.3) is 5.65 Å². The van der Waals surface area contributed by atoms with Gasteiger partial charge in [0.1, 0.15) is 17.9 Å². The van der Waals surface area contributed by atoms with Crippen LogP contribution in [-0.2, 0) is 11.2 Å². The number of rotatable bonds is 2. The van der Waals surface area contributed by atoms with E-state index in [9.17, 15) is 9.59 Å². The molecular weight excluding hydrogens is 198 g/mol. The molecule has 0 atom stereocenters. The monoisotopic (exact) mass is 207 g/mol. The summed E-state index contributed by atoms with van der Waals surface area (Å²) in [5.74, 6) is -0.777. The molecule has 6 heteroatoms. The van der Waals surface area contributed by atoms with Crippen LogP contribution in [0.1, 0.15) is 11.5 Å². The van der Waals surface area contributed by atoms with Crippen LogP contribution in [0.15, 0.2) is 17.1 Å². The minimum Gasteiger partial charge on any atom is -0.481 e.